The SMILES string of the molecule is COc1ccc(C2CCCCCN2Cc2nnnn2C2CC2)cc1. The largest absolute Gasteiger partial charge is 0.497 e. The summed E-state index contributed by atoms with van der Waals surface area (Å²) in [5.41, 5.74) is 1.36. The van der Waals surface area contributed by atoms with E-state index in [2.05, 4.69) is 44.7 Å². The number of methoxy groups -OCH3 is 1. The third kappa shape index (κ3) is 3.29. The van der Waals surface area contributed by atoms with Gasteiger partial charge in [-0.05, 0) is 60.4 Å². The summed E-state index contributed by atoms with van der Waals surface area (Å²) < 4.78 is 7.34. The van der Waals surface area contributed by atoms with Crippen molar-refractivity contribution in [1.82, 2.24) is 25.1 Å². The fourth-order valence-electron chi connectivity index (χ4n) is 3.66. The Morgan fingerprint density at radius 3 is 2.67 bits per heavy atom. The first-order valence-corrected chi connectivity index (χ1v) is 9.00. The van der Waals surface area contributed by atoms with Crippen LogP contribution in [0.4, 0.5) is 0 Å². The quantitative estimate of drug-likeness (QED) is 0.844. The molecule has 6 heteroatoms. The number of nitrogens with zero attached hydrogens (tertiary/aromatic N) is 5. The Hall–Kier alpha value is -1.95. The summed E-state index contributed by atoms with van der Waals surface area (Å²) in [4.78, 5) is 2.55. The van der Waals surface area contributed by atoms with Gasteiger partial charge in [-0.2, -0.15) is 0 Å². The van der Waals surface area contributed by atoms with Crippen LogP contribution in [0.2, 0.25) is 0 Å². The Kier molecular flexibility index (Phi) is 4.47. The molecule has 1 unspecified atom stereocenters. The molecule has 0 radical (unpaired) electrons. The number of hydrogen-bond donors (Lipinski definition) is 0. The van der Waals surface area contributed by atoms with Crippen LogP contribution < -0.4 is 4.74 Å². The predicted octanol–water partition coefficient (Wildman–Crippen LogP) is 3.13. The molecule has 24 heavy (non-hydrogen) atoms. The molecule has 0 bridgehead atoms. The molecule has 1 saturated carbocycles. The molecule has 2 aromatic rings. The van der Waals surface area contributed by atoms with E-state index in [0.717, 1.165) is 24.7 Å². The average molecular weight is 327 g/mol. The maximum absolute atomic E-state index is 5.30. The zero-order chi connectivity index (χ0) is 16.4. The highest BCUT2D eigenvalue weighted by Gasteiger charge is 2.30. The topological polar surface area (TPSA) is 56.1 Å². The van der Waals surface area contributed by atoms with Crippen molar-refractivity contribution in [3.05, 3.63) is 35.7 Å². The molecular weight excluding hydrogens is 302 g/mol. The van der Waals surface area contributed by atoms with Crippen molar-refractivity contribution >= 4 is 0 Å². The van der Waals surface area contributed by atoms with Gasteiger partial charge >= 0.3 is 0 Å². The average Bonchev–Trinajstić information content (AvgIpc) is 3.40. The first-order valence-electron chi connectivity index (χ1n) is 9.00. The van der Waals surface area contributed by atoms with Gasteiger partial charge in [-0.1, -0.05) is 25.0 Å². The molecule has 1 saturated heterocycles. The van der Waals surface area contributed by atoms with Crippen LogP contribution in [-0.4, -0.2) is 38.8 Å². The smallest absolute Gasteiger partial charge is 0.165 e. The molecule has 4 rings (SSSR count). The third-order valence-corrected chi connectivity index (χ3v) is 5.16. The van der Waals surface area contributed by atoms with E-state index in [9.17, 15) is 0 Å². The van der Waals surface area contributed by atoms with Crippen molar-refractivity contribution in [3.8, 4) is 5.75 Å². The highest BCUT2D eigenvalue weighted by Crippen LogP contribution is 2.36. The number of ether oxygens (including phenoxy) is 1. The van der Waals surface area contributed by atoms with Gasteiger partial charge in [0.15, 0.2) is 5.82 Å². The first-order chi connectivity index (χ1) is 11.8. The second-order valence-electron chi connectivity index (χ2n) is 6.88. The van der Waals surface area contributed by atoms with Crippen molar-refractivity contribution in [2.24, 2.45) is 0 Å². The minimum atomic E-state index is 0.433. The van der Waals surface area contributed by atoms with Gasteiger partial charge in [0.1, 0.15) is 5.75 Å². The fourth-order valence-corrected chi connectivity index (χ4v) is 3.66. The number of likely N-dealkylation sites (tertiary alicyclic amines) is 1. The van der Waals surface area contributed by atoms with Crippen LogP contribution in [0.5, 0.6) is 5.75 Å². The molecule has 0 amide bonds. The van der Waals surface area contributed by atoms with Gasteiger partial charge in [-0.25, -0.2) is 4.68 Å². The van der Waals surface area contributed by atoms with Crippen molar-refractivity contribution in [1.29, 1.82) is 0 Å². The van der Waals surface area contributed by atoms with E-state index in [-0.39, 0.29) is 0 Å². The molecule has 128 valence electrons. The zero-order valence-corrected chi connectivity index (χ0v) is 14.3. The molecule has 1 aromatic carbocycles. The summed E-state index contributed by atoms with van der Waals surface area (Å²) in [5, 5.41) is 12.4. The molecular formula is C18H25N5O. The summed E-state index contributed by atoms with van der Waals surface area (Å²) in [6.07, 6.45) is 7.44. The lowest BCUT2D eigenvalue weighted by Gasteiger charge is -2.30. The van der Waals surface area contributed by atoms with E-state index in [1.807, 2.05) is 4.68 Å². The second kappa shape index (κ2) is 6.89. The lowest BCUT2D eigenvalue weighted by atomic mass is 10.0. The summed E-state index contributed by atoms with van der Waals surface area (Å²) in [7, 11) is 1.71. The third-order valence-electron chi connectivity index (χ3n) is 5.16. The first kappa shape index (κ1) is 15.6. The molecule has 0 spiro atoms. The number of aromatic nitrogens is 4. The maximum Gasteiger partial charge on any atom is 0.165 e. The zero-order valence-electron chi connectivity index (χ0n) is 14.3. The molecule has 1 aliphatic carbocycles. The summed E-state index contributed by atoms with van der Waals surface area (Å²) in [6.45, 7) is 1.94. The normalized spacial score (nSPS) is 22.3. The number of benzene rings is 1. The van der Waals surface area contributed by atoms with Crippen LogP contribution in [0.15, 0.2) is 24.3 Å². The Bertz CT molecular complexity index is 664. The molecule has 2 fully saturated rings. The minimum Gasteiger partial charge on any atom is -0.497 e. The second-order valence-corrected chi connectivity index (χ2v) is 6.88. The van der Waals surface area contributed by atoms with Gasteiger partial charge in [0.2, 0.25) is 0 Å². The standard InChI is InChI=1S/C18H25N5O/c1-24-16-10-6-14(7-11-16)17-5-3-2-4-12-22(17)13-18-19-20-21-23(18)15-8-9-15/h6-7,10-11,15,17H,2-5,8-9,12-13H2,1H3. The van der Waals surface area contributed by atoms with Crippen LogP contribution >= 0.6 is 0 Å². The summed E-state index contributed by atoms with van der Waals surface area (Å²) >= 11 is 0. The molecule has 0 N–H and O–H groups in total. The lowest BCUT2D eigenvalue weighted by Crippen LogP contribution is -2.29. The van der Waals surface area contributed by atoms with Crippen LogP contribution in [0.3, 0.4) is 0 Å². The Balaban J connectivity index is 1.56. The van der Waals surface area contributed by atoms with E-state index in [0.29, 0.717) is 12.1 Å². The Labute approximate surface area is 142 Å². The van der Waals surface area contributed by atoms with Crippen molar-refractivity contribution in [2.75, 3.05) is 13.7 Å². The fraction of sp³-hybridized carbons (Fsp3) is 0.611. The monoisotopic (exact) mass is 327 g/mol. The van der Waals surface area contributed by atoms with Crippen LogP contribution in [-0.2, 0) is 6.54 Å². The van der Waals surface area contributed by atoms with Crippen molar-refractivity contribution in [2.45, 2.75) is 57.2 Å². The van der Waals surface area contributed by atoms with Gasteiger partial charge in [0, 0.05) is 6.04 Å². The van der Waals surface area contributed by atoms with E-state index in [1.165, 1.54) is 44.1 Å². The highest BCUT2D eigenvalue weighted by atomic mass is 16.5. The molecule has 1 atom stereocenters. The minimum absolute atomic E-state index is 0.433. The van der Waals surface area contributed by atoms with Gasteiger partial charge in [-0.3, -0.25) is 4.90 Å². The summed E-state index contributed by atoms with van der Waals surface area (Å²) in [5.74, 6) is 1.93. The van der Waals surface area contributed by atoms with E-state index in [1.54, 1.807) is 7.11 Å². The molecule has 1 aliphatic heterocycles. The number of hydrogen-bond acceptors (Lipinski definition) is 5. The lowest BCUT2D eigenvalue weighted by molar-refractivity contribution is 0.184. The van der Waals surface area contributed by atoms with Crippen LogP contribution in [0, 0.1) is 0 Å². The van der Waals surface area contributed by atoms with Crippen molar-refractivity contribution in [3.63, 3.8) is 0 Å². The van der Waals surface area contributed by atoms with Gasteiger partial charge < -0.3 is 4.74 Å². The number of rotatable bonds is 5. The number of tetrazole rings is 1. The molecule has 2 heterocycles. The van der Waals surface area contributed by atoms with Gasteiger partial charge in [0.25, 0.3) is 0 Å². The Morgan fingerprint density at radius 2 is 1.92 bits per heavy atom. The van der Waals surface area contributed by atoms with E-state index in [4.69, 9.17) is 4.74 Å². The van der Waals surface area contributed by atoms with Crippen molar-refractivity contribution < 1.29 is 4.74 Å². The van der Waals surface area contributed by atoms with Crippen LogP contribution in [0.1, 0.15) is 62.0 Å². The Morgan fingerprint density at radius 1 is 1.08 bits per heavy atom. The van der Waals surface area contributed by atoms with E-state index < -0.39 is 0 Å². The predicted molar refractivity (Wildman–Crippen MR) is 90.7 cm³/mol. The van der Waals surface area contributed by atoms with Gasteiger partial charge in [-0.15, -0.1) is 5.10 Å². The van der Waals surface area contributed by atoms with E-state index >= 15 is 0 Å². The van der Waals surface area contributed by atoms with Gasteiger partial charge in [0.05, 0.1) is 19.7 Å². The maximum atomic E-state index is 5.30. The van der Waals surface area contributed by atoms with Crippen LogP contribution in [0.25, 0.3) is 0 Å². The molecule has 2 aliphatic rings. The molecule has 1 aromatic heterocycles. The molecule has 6 nitrogen and oxygen atoms in total. The summed E-state index contributed by atoms with van der Waals surface area (Å²) in [6, 6.07) is 9.49. The highest BCUT2D eigenvalue weighted by molar-refractivity contribution is 5.29.